The van der Waals surface area contributed by atoms with Crippen LogP contribution in [0.25, 0.3) is 0 Å². The smallest absolute Gasteiger partial charge is 0.124 e. The summed E-state index contributed by atoms with van der Waals surface area (Å²) in [6, 6.07) is 3.05. The summed E-state index contributed by atoms with van der Waals surface area (Å²) in [7, 11) is 0. The van der Waals surface area contributed by atoms with Gasteiger partial charge in [-0.05, 0) is 17.5 Å². The molecule has 0 aliphatic carbocycles. The Morgan fingerprint density at radius 3 is 2.45 bits per heavy atom. The quantitative estimate of drug-likeness (QED) is 0.607. The van der Waals surface area contributed by atoms with Gasteiger partial charge in [0.05, 0.1) is 6.26 Å². The van der Waals surface area contributed by atoms with Gasteiger partial charge in [0.25, 0.3) is 0 Å². The number of hydrogen-bond acceptors (Lipinski definition) is 1. The zero-order valence-corrected chi connectivity index (χ0v) is 7.16. The van der Waals surface area contributed by atoms with E-state index in [4.69, 9.17) is 4.42 Å². The zero-order chi connectivity index (χ0) is 8.48. The van der Waals surface area contributed by atoms with Crippen LogP contribution in [0.15, 0.2) is 22.8 Å². The molecule has 1 aromatic heterocycles. The summed E-state index contributed by atoms with van der Waals surface area (Å²) in [6.45, 7) is 5.92. The molecule has 0 fully saturated rings. The Balaban J connectivity index is 2.78. The van der Waals surface area contributed by atoms with Crippen molar-refractivity contribution in [2.45, 2.75) is 26.8 Å². The fourth-order valence-electron chi connectivity index (χ4n) is 0.874. The van der Waals surface area contributed by atoms with Crippen molar-refractivity contribution in [1.82, 2.24) is 5.73 Å². The van der Waals surface area contributed by atoms with E-state index in [9.17, 15) is 5.73 Å². The van der Waals surface area contributed by atoms with Crippen LogP contribution in [0.3, 0.4) is 0 Å². The molecule has 2 radical (unpaired) electrons. The summed E-state index contributed by atoms with van der Waals surface area (Å²) in [5.41, 5.74) is 9.50. The van der Waals surface area contributed by atoms with E-state index in [0.29, 0.717) is 5.76 Å². The molecule has 0 aliphatic rings. The Labute approximate surface area is 67.4 Å². The van der Waals surface area contributed by atoms with Crippen molar-refractivity contribution in [2.75, 3.05) is 0 Å². The molecule has 0 saturated carbocycles. The molecule has 0 aromatic carbocycles. The van der Waals surface area contributed by atoms with Crippen LogP contribution in [0.4, 0.5) is 0 Å². The topological polar surface area (TPSA) is 35.4 Å². The molecule has 0 saturated heterocycles. The van der Waals surface area contributed by atoms with Crippen LogP contribution >= 0.6 is 0 Å². The molecule has 1 rings (SSSR count). The second-order valence-corrected chi connectivity index (χ2v) is 3.78. The largest absolute Gasteiger partial charge is 0.468 e. The molecule has 60 valence electrons. The van der Waals surface area contributed by atoms with E-state index >= 15 is 0 Å². The first-order valence-electron chi connectivity index (χ1n) is 3.73. The van der Waals surface area contributed by atoms with E-state index in [1.54, 1.807) is 18.4 Å². The first kappa shape index (κ1) is 8.34. The van der Waals surface area contributed by atoms with Crippen LogP contribution in [0.2, 0.25) is 0 Å². The molecule has 1 unspecified atom stereocenters. The third-order valence-corrected chi connectivity index (χ3v) is 1.63. The van der Waals surface area contributed by atoms with Gasteiger partial charge in [-0.25, -0.2) is 0 Å². The van der Waals surface area contributed by atoms with E-state index in [1.165, 1.54) is 0 Å². The highest BCUT2D eigenvalue weighted by molar-refractivity contribution is 5.06. The van der Waals surface area contributed by atoms with Crippen molar-refractivity contribution in [1.29, 1.82) is 0 Å². The normalized spacial score (nSPS) is 14.9. The molecule has 0 amide bonds. The standard InChI is InChI=1S/C9H13NO/c1-9(2,3)8(10)7-5-4-6-11-7/h4-6,8H,1-3H3. The highest BCUT2D eigenvalue weighted by Gasteiger charge is 2.26. The van der Waals surface area contributed by atoms with Gasteiger partial charge < -0.3 is 4.42 Å². The van der Waals surface area contributed by atoms with Crippen LogP contribution in [0.1, 0.15) is 32.6 Å². The third-order valence-electron chi connectivity index (χ3n) is 1.63. The predicted octanol–water partition coefficient (Wildman–Crippen LogP) is 2.44. The molecule has 11 heavy (non-hydrogen) atoms. The van der Waals surface area contributed by atoms with Gasteiger partial charge in [-0.1, -0.05) is 20.8 Å². The highest BCUT2D eigenvalue weighted by atomic mass is 16.3. The molecule has 0 bridgehead atoms. The predicted molar refractivity (Wildman–Crippen MR) is 43.0 cm³/mol. The molecule has 2 nitrogen and oxygen atoms in total. The monoisotopic (exact) mass is 151 g/mol. The minimum absolute atomic E-state index is 0.155. The lowest BCUT2D eigenvalue weighted by Crippen LogP contribution is -2.18. The SMILES string of the molecule is CC(C)(C)C([N])c1ccco1. The molecule has 2 heteroatoms. The first-order chi connectivity index (χ1) is 5.02. The van der Waals surface area contributed by atoms with E-state index in [2.05, 4.69) is 0 Å². The third kappa shape index (κ3) is 1.84. The number of nitrogens with zero attached hydrogens (tertiary/aromatic N) is 1. The van der Waals surface area contributed by atoms with Crippen molar-refractivity contribution in [3.63, 3.8) is 0 Å². The number of rotatable bonds is 1. The van der Waals surface area contributed by atoms with Gasteiger partial charge in [0.15, 0.2) is 0 Å². The van der Waals surface area contributed by atoms with Gasteiger partial charge in [0.2, 0.25) is 0 Å². The van der Waals surface area contributed by atoms with Crippen molar-refractivity contribution < 1.29 is 4.42 Å². The zero-order valence-electron chi connectivity index (χ0n) is 7.16. The molecular weight excluding hydrogens is 138 g/mol. The summed E-state index contributed by atoms with van der Waals surface area (Å²) in [4.78, 5) is 0. The van der Waals surface area contributed by atoms with Crippen LogP contribution in [0.5, 0.6) is 0 Å². The summed E-state index contributed by atoms with van der Waals surface area (Å²) >= 11 is 0. The Morgan fingerprint density at radius 2 is 2.09 bits per heavy atom. The Kier molecular flexibility index (Phi) is 2.05. The van der Waals surface area contributed by atoms with Gasteiger partial charge in [0.1, 0.15) is 11.8 Å². The maximum Gasteiger partial charge on any atom is 0.124 e. The Bertz CT molecular complexity index is 208. The van der Waals surface area contributed by atoms with E-state index in [1.807, 2.05) is 20.8 Å². The van der Waals surface area contributed by atoms with Gasteiger partial charge in [-0.15, -0.1) is 5.73 Å². The summed E-state index contributed by atoms with van der Waals surface area (Å²) in [5.74, 6) is 0.637. The second kappa shape index (κ2) is 2.70. The second-order valence-electron chi connectivity index (χ2n) is 3.78. The maximum absolute atomic E-state index is 9.65. The van der Waals surface area contributed by atoms with E-state index < -0.39 is 6.04 Å². The fraction of sp³-hybridized carbons (Fsp3) is 0.556. The van der Waals surface area contributed by atoms with Crippen LogP contribution in [-0.2, 0) is 0 Å². The maximum atomic E-state index is 9.65. The molecule has 0 spiro atoms. The van der Waals surface area contributed by atoms with Gasteiger partial charge >= 0.3 is 0 Å². The fourth-order valence-corrected chi connectivity index (χ4v) is 0.874. The minimum atomic E-state index is -0.516. The van der Waals surface area contributed by atoms with Crippen molar-refractivity contribution in [3.8, 4) is 0 Å². The lowest BCUT2D eigenvalue weighted by atomic mass is 9.86. The van der Waals surface area contributed by atoms with Crippen molar-refractivity contribution >= 4 is 0 Å². The van der Waals surface area contributed by atoms with Crippen molar-refractivity contribution in [2.24, 2.45) is 5.41 Å². The van der Waals surface area contributed by atoms with Crippen molar-refractivity contribution in [3.05, 3.63) is 24.2 Å². The summed E-state index contributed by atoms with van der Waals surface area (Å²) in [6.07, 6.45) is 1.57. The average Bonchev–Trinajstić information content (AvgIpc) is 2.34. The highest BCUT2D eigenvalue weighted by Crippen LogP contribution is 2.31. The van der Waals surface area contributed by atoms with Crippen LogP contribution in [-0.4, -0.2) is 0 Å². The first-order valence-corrected chi connectivity index (χ1v) is 3.73. The lowest BCUT2D eigenvalue weighted by Gasteiger charge is -2.22. The van der Waals surface area contributed by atoms with Gasteiger partial charge in [-0.2, -0.15) is 0 Å². The molecule has 1 aromatic rings. The molecule has 1 heterocycles. The molecule has 0 aliphatic heterocycles. The van der Waals surface area contributed by atoms with E-state index in [0.717, 1.165) is 0 Å². The lowest BCUT2D eigenvalue weighted by molar-refractivity contribution is 0.278. The average molecular weight is 151 g/mol. The van der Waals surface area contributed by atoms with Crippen LogP contribution < -0.4 is 5.73 Å². The van der Waals surface area contributed by atoms with Gasteiger partial charge in [-0.3, -0.25) is 0 Å². The molecular formula is C9H13NO. The van der Waals surface area contributed by atoms with Gasteiger partial charge in [0, 0.05) is 0 Å². The number of hydrogen-bond donors (Lipinski definition) is 0. The van der Waals surface area contributed by atoms with Crippen LogP contribution in [0, 0.1) is 5.41 Å². The summed E-state index contributed by atoms with van der Waals surface area (Å²) < 4.78 is 5.07. The molecule has 0 N–H and O–H groups in total. The van der Waals surface area contributed by atoms with E-state index in [-0.39, 0.29) is 5.41 Å². The Morgan fingerprint density at radius 1 is 1.45 bits per heavy atom. The number of furan rings is 1. The summed E-state index contributed by atoms with van der Waals surface area (Å²) in [5, 5.41) is 0. The minimum Gasteiger partial charge on any atom is -0.468 e. The molecule has 1 atom stereocenters. The Hall–Kier alpha value is -0.760.